The fraction of sp³-hybridized carbons (Fsp3) is 0.500. The Kier molecular flexibility index (Phi) is 3.87. The number of hydrogen-bond acceptors (Lipinski definition) is 3. The van der Waals surface area contributed by atoms with E-state index in [1.165, 1.54) is 0 Å². The zero-order valence-electron chi connectivity index (χ0n) is 10.8. The van der Waals surface area contributed by atoms with E-state index < -0.39 is 0 Å². The molecule has 0 radical (unpaired) electrons. The van der Waals surface area contributed by atoms with Crippen molar-refractivity contribution < 1.29 is 9.53 Å². The first kappa shape index (κ1) is 12.9. The monoisotopic (exact) mass is 248 g/mol. The topological polar surface area (TPSA) is 64.4 Å². The van der Waals surface area contributed by atoms with Crippen LogP contribution in [0.5, 0.6) is 0 Å². The highest BCUT2D eigenvalue weighted by Gasteiger charge is 2.28. The summed E-state index contributed by atoms with van der Waals surface area (Å²) >= 11 is 0. The summed E-state index contributed by atoms with van der Waals surface area (Å²) in [7, 11) is 0. The Balaban J connectivity index is 1.95. The van der Waals surface area contributed by atoms with Gasteiger partial charge >= 0.3 is 0 Å². The molecule has 3 unspecified atom stereocenters. The number of carbonyl (C=O) groups excluding carboxylic acids is 1. The highest BCUT2D eigenvalue weighted by Crippen LogP contribution is 2.21. The number of benzene rings is 1. The second-order valence-corrected chi connectivity index (χ2v) is 4.91. The first-order valence-electron chi connectivity index (χ1n) is 6.37. The SMILES string of the molecule is CC1CCC(C(=O)NC(C)c2cccc(N)c2)O1. The van der Waals surface area contributed by atoms with E-state index in [0.717, 1.165) is 18.4 Å². The van der Waals surface area contributed by atoms with Crippen LogP contribution in [0.4, 0.5) is 5.69 Å². The third-order valence-electron chi connectivity index (χ3n) is 3.29. The van der Waals surface area contributed by atoms with Gasteiger partial charge in [0.05, 0.1) is 12.1 Å². The number of hydrogen-bond donors (Lipinski definition) is 2. The second kappa shape index (κ2) is 5.40. The van der Waals surface area contributed by atoms with Crippen LogP contribution in [0.15, 0.2) is 24.3 Å². The summed E-state index contributed by atoms with van der Waals surface area (Å²) in [6, 6.07) is 7.50. The highest BCUT2D eigenvalue weighted by molar-refractivity contribution is 5.81. The van der Waals surface area contributed by atoms with E-state index in [2.05, 4.69) is 5.32 Å². The number of ether oxygens (including phenoxy) is 1. The standard InChI is InChI=1S/C14H20N2O2/c1-9-6-7-13(18-9)14(17)16-10(2)11-4-3-5-12(15)8-11/h3-5,8-10,13H,6-7,15H2,1-2H3,(H,16,17). The largest absolute Gasteiger partial charge is 0.399 e. The van der Waals surface area contributed by atoms with Gasteiger partial charge < -0.3 is 15.8 Å². The molecule has 0 aliphatic carbocycles. The molecule has 1 aliphatic heterocycles. The van der Waals surface area contributed by atoms with Crippen LogP contribution in [-0.2, 0) is 9.53 Å². The maximum Gasteiger partial charge on any atom is 0.249 e. The Morgan fingerprint density at radius 3 is 2.89 bits per heavy atom. The molecule has 1 aliphatic rings. The highest BCUT2D eigenvalue weighted by atomic mass is 16.5. The van der Waals surface area contributed by atoms with Crippen molar-refractivity contribution in [2.24, 2.45) is 0 Å². The van der Waals surface area contributed by atoms with Crippen molar-refractivity contribution in [1.29, 1.82) is 0 Å². The minimum atomic E-state index is -0.302. The molecule has 1 fully saturated rings. The molecular weight excluding hydrogens is 228 g/mol. The van der Waals surface area contributed by atoms with E-state index in [-0.39, 0.29) is 24.2 Å². The maximum absolute atomic E-state index is 12.0. The van der Waals surface area contributed by atoms with Crippen LogP contribution in [-0.4, -0.2) is 18.1 Å². The van der Waals surface area contributed by atoms with E-state index in [0.29, 0.717) is 5.69 Å². The lowest BCUT2D eigenvalue weighted by Crippen LogP contribution is -2.36. The Morgan fingerprint density at radius 2 is 2.28 bits per heavy atom. The van der Waals surface area contributed by atoms with Crippen LogP contribution in [0.25, 0.3) is 0 Å². The molecule has 1 saturated heterocycles. The van der Waals surface area contributed by atoms with Gasteiger partial charge in [-0.25, -0.2) is 0 Å². The Hall–Kier alpha value is -1.55. The van der Waals surface area contributed by atoms with Crippen molar-refractivity contribution >= 4 is 11.6 Å². The summed E-state index contributed by atoms with van der Waals surface area (Å²) in [5.74, 6) is -0.0331. The fourth-order valence-corrected chi connectivity index (χ4v) is 2.21. The molecule has 1 aromatic carbocycles. The summed E-state index contributed by atoms with van der Waals surface area (Å²) < 4.78 is 5.55. The summed E-state index contributed by atoms with van der Waals surface area (Å²) in [5, 5.41) is 2.97. The molecule has 1 aromatic rings. The van der Waals surface area contributed by atoms with Crippen LogP contribution in [0.2, 0.25) is 0 Å². The Morgan fingerprint density at radius 1 is 1.50 bits per heavy atom. The summed E-state index contributed by atoms with van der Waals surface area (Å²) in [5.41, 5.74) is 7.45. The Bertz CT molecular complexity index is 434. The minimum absolute atomic E-state index is 0.0331. The molecular formula is C14H20N2O2. The number of amides is 1. The first-order chi connectivity index (χ1) is 8.56. The molecule has 18 heavy (non-hydrogen) atoms. The average Bonchev–Trinajstić information content (AvgIpc) is 2.76. The van der Waals surface area contributed by atoms with Gasteiger partial charge in [0.2, 0.25) is 5.91 Å². The molecule has 1 heterocycles. The van der Waals surface area contributed by atoms with Crippen LogP contribution in [0.3, 0.4) is 0 Å². The molecule has 0 aromatic heterocycles. The molecule has 1 amide bonds. The molecule has 2 rings (SSSR count). The summed E-state index contributed by atoms with van der Waals surface area (Å²) in [4.78, 5) is 12.0. The zero-order valence-corrected chi connectivity index (χ0v) is 10.8. The van der Waals surface area contributed by atoms with Crippen molar-refractivity contribution in [1.82, 2.24) is 5.32 Å². The fourth-order valence-electron chi connectivity index (χ4n) is 2.21. The van der Waals surface area contributed by atoms with Gasteiger partial charge in [-0.3, -0.25) is 4.79 Å². The van der Waals surface area contributed by atoms with Crippen LogP contribution >= 0.6 is 0 Å². The summed E-state index contributed by atoms with van der Waals surface area (Å²) in [6.45, 7) is 3.94. The van der Waals surface area contributed by atoms with Crippen molar-refractivity contribution in [3.05, 3.63) is 29.8 Å². The minimum Gasteiger partial charge on any atom is -0.399 e. The number of nitrogens with one attached hydrogen (secondary N) is 1. The van der Waals surface area contributed by atoms with Gasteiger partial charge in [0, 0.05) is 5.69 Å². The lowest BCUT2D eigenvalue weighted by molar-refractivity contribution is -0.132. The van der Waals surface area contributed by atoms with E-state index in [1.54, 1.807) is 0 Å². The third kappa shape index (κ3) is 3.01. The van der Waals surface area contributed by atoms with Crippen LogP contribution in [0.1, 0.15) is 38.3 Å². The predicted octanol–water partition coefficient (Wildman–Crippen LogP) is 2.01. The number of rotatable bonds is 3. The quantitative estimate of drug-likeness (QED) is 0.804. The number of nitrogens with two attached hydrogens (primary N) is 1. The predicted molar refractivity (Wildman–Crippen MR) is 71.0 cm³/mol. The second-order valence-electron chi connectivity index (χ2n) is 4.91. The number of anilines is 1. The average molecular weight is 248 g/mol. The smallest absolute Gasteiger partial charge is 0.249 e. The lowest BCUT2D eigenvalue weighted by atomic mass is 10.1. The van der Waals surface area contributed by atoms with E-state index in [4.69, 9.17) is 10.5 Å². The first-order valence-corrected chi connectivity index (χ1v) is 6.37. The van der Waals surface area contributed by atoms with Gasteiger partial charge in [-0.2, -0.15) is 0 Å². The van der Waals surface area contributed by atoms with Gasteiger partial charge in [-0.05, 0) is 44.4 Å². The van der Waals surface area contributed by atoms with Gasteiger partial charge in [0.1, 0.15) is 6.10 Å². The summed E-state index contributed by atoms with van der Waals surface area (Å²) in [6.07, 6.45) is 1.63. The van der Waals surface area contributed by atoms with Crippen LogP contribution < -0.4 is 11.1 Å². The Labute approximate surface area is 108 Å². The van der Waals surface area contributed by atoms with Crippen molar-refractivity contribution in [3.63, 3.8) is 0 Å². The van der Waals surface area contributed by atoms with E-state index in [9.17, 15) is 4.79 Å². The zero-order chi connectivity index (χ0) is 13.1. The lowest BCUT2D eigenvalue weighted by Gasteiger charge is -2.18. The van der Waals surface area contributed by atoms with Gasteiger partial charge in [-0.1, -0.05) is 12.1 Å². The van der Waals surface area contributed by atoms with Crippen molar-refractivity contribution in [2.75, 3.05) is 5.73 Å². The van der Waals surface area contributed by atoms with Gasteiger partial charge in [0.15, 0.2) is 0 Å². The van der Waals surface area contributed by atoms with Gasteiger partial charge in [-0.15, -0.1) is 0 Å². The number of nitrogen functional groups attached to an aromatic ring is 1. The molecule has 0 bridgehead atoms. The molecule has 3 N–H and O–H groups in total. The number of carbonyl (C=O) groups is 1. The van der Waals surface area contributed by atoms with Crippen LogP contribution in [0, 0.1) is 0 Å². The molecule has 0 spiro atoms. The normalized spacial score (nSPS) is 24.8. The van der Waals surface area contributed by atoms with Crippen molar-refractivity contribution in [3.8, 4) is 0 Å². The van der Waals surface area contributed by atoms with Gasteiger partial charge in [0.25, 0.3) is 0 Å². The molecule has 4 nitrogen and oxygen atoms in total. The van der Waals surface area contributed by atoms with Crippen molar-refractivity contribution in [2.45, 2.75) is 44.9 Å². The molecule has 3 atom stereocenters. The molecule has 98 valence electrons. The third-order valence-corrected chi connectivity index (χ3v) is 3.29. The molecule has 0 saturated carbocycles. The van der Waals surface area contributed by atoms with E-state index >= 15 is 0 Å². The molecule has 4 heteroatoms. The maximum atomic E-state index is 12.0. The van der Waals surface area contributed by atoms with E-state index in [1.807, 2.05) is 38.1 Å².